The highest BCUT2D eigenvalue weighted by Gasteiger charge is 2.43. The van der Waals surface area contributed by atoms with Crippen LogP contribution in [0.15, 0.2) is 23.4 Å². The Kier molecular flexibility index (Phi) is 2.86. The van der Waals surface area contributed by atoms with Crippen LogP contribution >= 0.6 is 0 Å². The molecule has 1 saturated heterocycles. The number of aliphatic hydroxyl groups is 3. The normalized spacial score (nSPS) is 31.1. The molecule has 0 saturated carbocycles. The molecule has 3 rings (SSSR count). The van der Waals surface area contributed by atoms with E-state index in [9.17, 15) is 15.0 Å². The first kappa shape index (κ1) is 12.3. The lowest BCUT2D eigenvalue weighted by molar-refractivity contribution is -0.0546. The molecule has 8 heteroatoms. The number of aromatic nitrogens is 3. The number of rotatable bonds is 2. The molecule has 0 aromatic carbocycles. The van der Waals surface area contributed by atoms with E-state index in [1.54, 1.807) is 12.3 Å². The van der Waals surface area contributed by atoms with Gasteiger partial charge in [0.15, 0.2) is 6.23 Å². The molecular formula is C11H13N3O5. The molecule has 0 amide bonds. The van der Waals surface area contributed by atoms with Gasteiger partial charge in [0, 0.05) is 6.20 Å². The van der Waals surface area contributed by atoms with Crippen LogP contribution in [0.1, 0.15) is 6.23 Å². The van der Waals surface area contributed by atoms with Crippen molar-refractivity contribution >= 4 is 11.0 Å². The zero-order valence-corrected chi connectivity index (χ0v) is 9.80. The maximum atomic E-state index is 12.2. The lowest BCUT2D eigenvalue weighted by atomic mass is 10.1. The monoisotopic (exact) mass is 267 g/mol. The Bertz CT molecular complexity index is 651. The third-order valence-corrected chi connectivity index (χ3v) is 3.29. The van der Waals surface area contributed by atoms with Crippen LogP contribution in [-0.4, -0.2) is 54.8 Å². The van der Waals surface area contributed by atoms with Crippen LogP contribution in [-0.2, 0) is 4.74 Å². The van der Waals surface area contributed by atoms with Crippen LogP contribution in [0.2, 0.25) is 0 Å². The number of ether oxygens (including phenoxy) is 1. The van der Waals surface area contributed by atoms with E-state index in [2.05, 4.69) is 9.97 Å². The van der Waals surface area contributed by atoms with Crippen molar-refractivity contribution in [3.63, 3.8) is 0 Å². The molecule has 2 aromatic rings. The van der Waals surface area contributed by atoms with Gasteiger partial charge in [-0.05, 0) is 6.07 Å². The second-order valence-corrected chi connectivity index (χ2v) is 4.43. The minimum Gasteiger partial charge on any atom is -0.394 e. The van der Waals surface area contributed by atoms with Crippen LogP contribution in [0.25, 0.3) is 11.0 Å². The summed E-state index contributed by atoms with van der Waals surface area (Å²) >= 11 is 0. The predicted octanol–water partition coefficient (Wildman–Crippen LogP) is -1.66. The molecule has 0 bridgehead atoms. The zero-order chi connectivity index (χ0) is 13.6. The lowest BCUT2D eigenvalue weighted by Crippen LogP contribution is -2.35. The standard InChI is InChI=1S/C11H13N3O5/c15-3-6-7(16)8(17)11(19-6)14-4-13-9-5(10(14)18)1-2-12-9/h1-2,4,6-8,11-12,15-17H,3H2. The average Bonchev–Trinajstić information content (AvgIpc) is 2.98. The molecule has 1 aliphatic heterocycles. The number of fused-ring (bicyclic) bond motifs is 1. The predicted molar refractivity (Wildman–Crippen MR) is 63.4 cm³/mol. The quantitative estimate of drug-likeness (QED) is 0.516. The Labute approximate surface area is 106 Å². The highest BCUT2D eigenvalue weighted by molar-refractivity contribution is 5.73. The SMILES string of the molecule is O=c1c2cc[nH]c2ncn1C1OC(CO)C(O)C1O. The Balaban J connectivity index is 2.05. The highest BCUT2D eigenvalue weighted by Crippen LogP contribution is 2.28. The Hall–Kier alpha value is -1.74. The molecule has 1 fully saturated rings. The molecule has 4 N–H and O–H groups in total. The fourth-order valence-corrected chi connectivity index (χ4v) is 2.24. The number of aliphatic hydroxyl groups excluding tert-OH is 3. The van der Waals surface area contributed by atoms with Crippen LogP contribution in [0.4, 0.5) is 0 Å². The summed E-state index contributed by atoms with van der Waals surface area (Å²) in [5.74, 6) is 0. The molecule has 8 nitrogen and oxygen atoms in total. The van der Waals surface area contributed by atoms with Crippen LogP contribution in [0, 0.1) is 0 Å². The van der Waals surface area contributed by atoms with Crippen molar-refractivity contribution in [1.29, 1.82) is 0 Å². The van der Waals surface area contributed by atoms with E-state index in [1.807, 2.05) is 0 Å². The van der Waals surface area contributed by atoms with Gasteiger partial charge in [0.2, 0.25) is 0 Å². The summed E-state index contributed by atoms with van der Waals surface area (Å²) in [6.07, 6.45) is -1.71. The summed E-state index contributed by atoms with van der Waals surface area (Å²) in [4.78, 5) is 19.0. The Morgan fingerprint density at radius 1 is 1.42 bits per heavy atom. The first-order valence-corrected chi connectivity index (χ1v) is 5.80. The minimum absolute atomic E-state index is 0.361. The smallest absolute Gasteiger partial charge is 0.265 e. The van der Waals surface area contributed by atoms with Gasteiger partial charge >= 0.3 is 0 Å². The summed E-state index contributed by atoms with van der Waals surface area (Å²) in [7, 11) is 0. The number of hydrogen-bond donors (Lipinski definition) is 4. The van der Waals surface area contributed by atoms with Gasteiger partial charge in [0.1, 0.15) is 30.3 Å². The van der Waals surface area contributed by atoms with Crippen molar-refractivity contribution in [3.05, 3.63) is 28.9 Å². The zero-order valence-electron chi connectivity index (χ0n) is 9.80. The second kappa shape index (κ2) is 4.42. The van der Waals surface area contributed by atoms with Gasteiger partial charge in [0.05, 0.1) is 12.0 Å². The molecule has 102 valence electrons. The van der Waals surface area contributed by atoms with Gasteiger partial charge in [-0.1, -0.05) is 0 Å². The summed E-state index contributed by atoms with van der Waals surface area (Å²) in [5, 5.41) is 28.9. The Morgan fingerprint density at radius 2 is 2.21 bits per heavy atom. The molecular weight excluding hydrogens is 254 g/mol. The van der Waals surface area contributed by atoms with E-state index in [0.29, 0.717) is 11.0 Å². The summed E-state index contributed by atoms with van der Waals surface area (Å²) in [5.41, 5.74) is 0.0501. The van der Waals surface area contributed by atoms with E-state index in [4.69, 9.17) is 9.84 Å². The van der Waals surface area contributed by atoms with Gasteiger partial charge in [-0.25, -0.2) is 4.98 Å². The third kappa shape index (κ3) is 1.77. The number of hydrogen-bond acceptors (Lipinski definition) is 6. The van der Waals surface area contributed by atoms with Gasteiger partial charge < -0.3 is 25.0 Å². The fourth-order valence-electron chi connectivity index (χ4n) is 2.24. The third-order valence-electron chi connectivity index (χ3n) is 3.29. The van der Waals surface area contributed by atoms with Crippen LogP contribution in [0.3, 0.4) is 0 Å². The molecule has 0 spiro atoms. The van der Waals surface area contributed by atoms with Gasteiger partial charge in [-0.15, -0.1) is 0 Å². The highest BCUT2D eigenvalue weighted by atomic mass is 16.6. The van der Waals surface area contributed by atoms with Gasteiger partial charge in [-0.3, -0.25) is 9.36 Å². The lowest BCUT2D eigenvalue weighted by Gasteiger charge is -2.16. The van der Waals surface area contributed by atoms with Crippen LogP contribution < -0.4 is 5.56 Å². The summed E-state index contributed by atoms with van der Waals surface area (Å²) in [6, 6.07) is 1.57. The molecule has 2 aromatic heterocycles. The van der Waals surface area contributed by atoms with Crippen molar-refractivity contribution < 1.29 is 20.1 Å². The first-order valence-electron chi connectivity index (χ1n) is 5.80. The molecule has 4 unspecified atom stereocenters. The van der Waals surface area contributed by atoms with E-state index in [1.165, 1.54) is 6.33 Å². The van der Waals surface area contributed by atoms with Crippen molar-refractivity contribution in [2.45, 2.75) is 24.5 Å². The maximum Gasteiger partial charge on any atom is 0.265 e. The molecule has 0 aliphatic carbocycles. The summed E-state index contributed by atoms with van der Waals surface area (Å²) < 4.78 is 6.40. The minimum atomic E-state index is -1.30. The Morgan fingerprint density at radius 3 is 2.89 bits per heavy atom. The number of H-pyrrole nitrogens is 1. The van der Waals surface area contributed by atoms with Gasteiger partial charge in [-0.2, -0.15) is 0 Å². The van der Waals surface area contributed by atoms with Crippen molar-refractivity contribution in [2.24, 2.45) is 0 Å². The fraction of sp³-hybridized carbons (Fsp3) is 0.455. The number of nitrogens with one attached hydrogen (secondary N) is 1. The van der Waals surface area contributed by atoms with Gasteiger partial charge in [0.25, 0.3) is 5.56 Å². The number of nitrogens with zero attached hydrogens (tertiary/aromatic N) is 2. The van der Waals surface area contributed by atoms with E-state index in [0.717, 1.165) is 4.57 Å². The average molecular weight is 267 g/mol. The second-order valence-electron chi connectivity index (χ2n) is 4.43. The largest absolute Gasteiger partial charge is 0.394 e. The first-order chi connectivity index (χ1) is 9.13. The van der Waals surface area contributed by atoms with Crippen molar-refractivity contribution in [3.8, 4) is 0 Å². The summed E-state index contributed by atoms with van der Waals surface area (Å²) in [6.45, 7) is -0.441. The topological polar surface area (TPSA) is 121 Å². The molecule has 4 atom stereocenters. The van der Waals surface area contributed by atoms with E-state index >= 15 is 0 Å². The molecule has 1 aliphatic rings. The van der Waals surface area contributed by atoms with Crippen LogP contribution in [0.5, 0.6) is 0 Å². The van der Waals surface area contributed by atoms with Crippen molar-refractivity contribution in [1.82, 2.24) is 14.5 Å². The molecule has 19 heavy (non-hydrogen) atoms. The maximum absolute atomic E-state index is 12.2. The molecule has 3 heterocycles. The molecule has 0 radical (unpaired) electrons. The van der Waals surface area contributed by atoms with E-state index < -0.39 is 31.1 Å². The van der Waals surface area contributed by atoms with E-state index in [-0.39, 0.29) is 5.56 Å². The number of aromatic amines is 1. The van der Waals surface area contributed by atoms with Crippen molar-refractivity contribution in [2.75, 3.05) is 6.61 Å².